The van der Waals surface area contributed by atoms with Crippen LogP contribution in [0.4, 0.5) is 4.79 Å². The van der Waals surface area contributed by atoms with Crippen LogP contribution in [0.2, 0.25) is 0 Å². The van der Waals surface area contributed by atoms with Crippen LogP contribution in [0.1, 0.15) is 0 Å². The van der Waals surface area contributed by atoms with Crippen LogP contribution in [0.25, 0.3) is 0 Å². The quantitative estimate of drug-likeness (QED) is 0.561. The highest BCUT2D eigenvalue weighted by Gasteiger charge is 2.08. The van der Waals surface area contributed by atoms with Crippen molar-refractivity contribution in [3.63, 3.8) is 0 Å². The highest BCUT2D eigenvalue weighted by Crippen LogP contribution is 1.91. The van der Waals surface area contributed by atoms with Gasteiger partial charge >= 0.3 is 6.03 Å². The molecule has 1 rings (SSSR count). The van der Waals surface area contributed by atoms with Crippen molar-refractivity contribution < 1.29 is 4.79 Å². The van der Waals surface area contributed by atoms with Gasteiger partial charge in [-0.05, 0) is 0 Å². The van der Waals surface area contributed by atoms with Crippen molar-refractivity contribution in [2.75, 3.05) is 13.6 Å². The van der Waals surface area contributed by atoms with Crippen LogP contribution < -0.4 is 0 Å². The van der Waals surface area contributed by atoms with Crippen LogP contribution in [-0.4, -0.2) is 34.1 Å². The van der Waals surface area contributed by atoms with E-state index in [9.17, 15) is 4.79 Å². The van der Waals surface area contributed by atoms with Crippen molar-refractivity contribution in [2.45, 2.75) is 0 Å². The molecular weight excluding hydrogens is 156 g/mol. The molecule has 12 heavy (non-hydrogen) atoms. The van der Waals surface area contributed by atoms with Crippen molar-refractivity contribution in [3.05, 3.63) is 18.7 Å². The summed E-state index contributed by atoms with van der Waals surface area (Å²) in [4.78, 5) is 16.3. The fraction of sp³-hybridized carbons (Fsp3) is 0.286. The van der Waals surface area contributed by atoms with Gasteiger partial charge in [-0.25, -0.2) is 9.78 Å². The zero-order chi connectivity index (χ0) is 8.97. The van der Waals surface area contributed by atoms with E-state index >= 15 is 0 Å². The summed E-state index contributed by atoms with van der Waals surface area (Å²) >= 11 is 0. The van der Waals surface area contributed by atoms with Crippen LogP contribution in [0, 0.1) is 11.3 Å². The van der Waals surface area contributed by atoms with Gasteiger partial charge in [0.05, 0.1) is 6.07 Å². The third-order valence-corrected chi connectivity index (χ3v) is 1.36. The monoisotopic (exact) mass is 164 g/mol. The van der Waals surface area contributed by atoms with Gasteiger partial charge in [0.2, 0.25) is 0 Å². The molecule has 0 fully saturated rings. The van der Waals surface area contributed by atoms with Gasteiger partial charge in [-0.15, -0.1) is 0 Å². The summed E-state index contributed by atoms with van der Waals surface area (Å²) in [5, 5.41) is 8.31. The van der Waals surface area contributed by atoms with Crippen LogP contribution in [0.15, 0.2) is 18.7 Å². The Kier molecular flexibility index (Phi) is 2.43. The maximum Gasteiger partial charge on any atom is 0.330 e. The molecular formula is C7H8N4O. The topological polar surface area (TPSA) is 61.9 Å². The lowest BCUT2D eigenvalue weighted by Gasteiger charge is -2.11. The predicted molar refractivity (Wildman–Crippen MR) is 41.3 cm³/mol. The lowest BCUT2D eigenvalue weighted by Crippen LogP contribution is -2.30. The van der Waals surface area contributed by atoms with Crippen LogP contribution >= 0.6 is 0 Å². The standard InChI is InChI=1S/C7H8N4O/c1-10(4-2-8)7(12)11-5-3-9-6-11/h3,5-6H,4H2,1H3. The molecule has 1 amide bonds. The normalized spacial score (nSPS) is 9.00. The number of nitrogens with zero attached hydrogens (tertiary/aromatic N) is 4. The largest absolute Gasteiger partial charge is 0.330 e. The van der Waals surface area contributed by atoms with Gasteiger partial charge in [0.1, 0.15) is 12.9 Å². The molecule has 0 aliphatic carbocycles. The first-order valence-corrected chi connectivity index (χ1v) is 3.36. The number of rotatable bonds is 1. The third kappa shape index (κ3) is 1.61. The highest BCUT2D eigenvalue weighted by molar-refractivity contribution is 5.76. The molecule has 5 heteroatoms. The van der Waals surface area contributed by atoms with Crippen molar-refractivity contribution >= 4 is 6.03 Å². The Hall–Kier alpha value is -1.83. The van der Waals surface area contributed by atoms with Crippen LogP contribution in [-0.2, 0) is 0 Å². The Morgan fingerprint density at radius 3 is 3.08 bits per heavy atom. The minimum atomic E-state index is -0.256. The number of carbonyl (C=O) groups is 1. The molecule has 1 heterocycles. The highest BCUT2D eigenvalue weighted by atomic mass is 16.2. The summed E-state index contributed by atoms with van der Waals surface area (Å²) in [6.07, 6.45) is 4.45. The molecule has 0 radical (unpaired) electrons. The zero-order valence-electron chi connectivity index (χ0n) is 6.64. The first-order valence-electron chi connectivity index (χ1n) is 3.36. The average Bonchev–Trinajstić information content (AvgIpc) is 2.55. The summed E-state index contributed by atoms with van der Waals surface area (Å²) in [6.45, 7) is 0.0804. The van der Waals surface area contributed by atoms with E-state index in [1.54, 1.807) is 7.05 Å². The number of carbonyl (C=O) groups excluding carboxylic acids is 1. The lowest BCUT2D eigenvalue weighted by molar-refractivity contribution is 0.215. The summed E-state index contributed by atoms with van der Waals surface area (Å²) in [5.41, 5.74) is 0. The molecule has 0 aromatic carbocycles. The molecule has 0 unspecified atom stereocenters. The first kappa shape index (κ1) is 8.27. The van der Waals surface area contributed by atoms with E-state index in [0.717, 1.165) is 0 Å². The van der Waals surface area contributed by atoms with E-state index in [-0.39, 0.29) is 12.6 Å². The number of nitriles is 1. The Morgan fingerprint density at radius 1 is 1.83 bits per heavy atom. The van der Waals surface area contributed by atoms with Crippen molar-refractivity contribution in [3.8, 4) is 6.07 Å². The maximum absolute atomic E-state index is 11.3. The van der Waals surface area contributed by atoms with Crippen molar-refractivity contribution in [2.24, 2.45) is 0 Å². The molecule has 0 atom stereocenters. The van der Waals surface area contributed by atoms with Gasteiger partial charge in [0, 0.05) is 19.4 Å². The van der Waals surface area contributed by atoms with E-state index in [2.05, 4.69) is 4.98 Å². The van der Waals surface area contributed by atoms with Gasteiger partial charge in [-0.1, -0.05) is 0 Å². The number of aromatic nitrogens is 2. The minimum absolute atomic E-state index is 0.0804. The number of imidazole rings is 1. The number of hydrogen-bond donors (Lipinski definition) is 0. The second kappa shape index (κ2) is 3.53. The Balaban J connectivity index is 2.67. The third-order valence-electron chi connectivity index (χ3n) is 1.36. The second-order valence-corrected chi connectivity index (χ2v) is 2.27. The molecule has 0 N–H and O–H groups in total. The summed E-state index contributed by atoms with van der Waals surface area (Å²) < 4.78 is 1.32. The van der Waals surface area contributed by atoms with Crippen LogP contribution in [0.5, 0.6) is 0 Å². The number of amides is 1. The van der Waals surface area contributed by atoms with Gasteiger partial charge in [-0.3, -0.25) is 4.57 Å². The Labute approximate surface area is 69.8 Å². The Bertz CT molecular complexity index is 298. The van der Waals surface area contributed by atoms with Gasteiger partial charge in [0.25, 0.3) is 0 Å². The molecule has 0 aliphatic rings. The molecule has 62 valence electrons. The van der Waals surface area contributed by atoms with E-state index in [0.29, 0.717) is 0 Å². The molecule has 0 aliphatic heterocycles. The van der Waals surface area contributed by atoms with E-state index < -0.39 is 0 Å². The fourth-order valence-electron chi connectivity index (χ4n) is 0.743. The molecule has 1 aromatic rings. The maximum atomic E-state index is 11.3. The molecule has 0 saturated carbocycles. The summed E-state index contributed by atoms with van der Waals surface area (Å²) in [6, 6.07) is 1.63. The van der Waals surface area contributed by atoms with Crippen molar-refractivity contribution in [1.29, 1.82) is 5.26 Å². The van der Waals surface area contributed by atoms with Crippen molar-refractivity contribution in [1.82, 2.24) is 14.5 Å². The van der Waals surface area contributed by atoms with Crippen LogP contribution in [0.3, 0.4) is 0 Å². The molecule has 1 aromatic heterocycles. The predicted octanol–water partition coefficient (Wildman–Crippen LogP) is 0.307. The summed E-state index contributed by atoms with van der Waals surface area (Å²) in [5.74, 6) is 0. The zero-order valence-corrected chi connectivity index (χ0v) is 6.64. The van der Waals surface area contributed by atoms with E-state index in [1.165, 1.54) is 28.2 Å². The molecule has 0 bridgehead atoms. The van der Waals surface area contributed by atoms with E-state index in [1.807, 2.05) is 6.07 Å². The second-order valence-electron chi connectivity index (χ2n) is 2.27. The first-order chi connectivity index (χ1) is 5.75. The minimum Gasteiger partial charge on any atom is -0.314 e. The smallest absolute Gasteiger partial charge is 0.314 e. The van der Waals surface area contributed by atoms with E-state index in [4.69, 9.17) is 5.26 Å². The Morgan fingerprint density at radius 2 is 2.58 bits per heavy atom. The number of hydrogen-bond acceptors (Lipinski definition) is 3. The average molecular weight is 164 g/mol. The van der Waals surface area contributed by atoms with Gasteiger partial charge in [-0.2, -0.15) is 5.26 Å². The van der Waals surface area contributed by atoms with Gasteiger partial charge < -0.3 is 4.90 Å². The SMILES string of the molecule is CN(CC#N)C(=O)n1ccnc1. The fourth-order valence-corrected chi connectivity index (χ4v) is 0.743. The molecule has 0 saturated heterocycles. The molecule has 0 spiro atoms. The lowest BCUT2D eigenvalue weighted by atomic mass is 10.6. The summed E-state index contributed by atoms with van der Waals surface area (Å²) in [7, 11) is 1.56. The molecule has 5 nitrogen and oxygen atoms in total. The van der Waals surface area contributed by atoms with Gasteiger partial charge in [0.15, 0.2) is 0 Å².